The summed E-state index contributed by atoms with van der Waals surface area (Å²) in [6, 6.07) is 17.2. The minimum Gasteiger partial charge on any atom is -0.320 e. The minimum absolute atomic E-state index is 0.0445. The molecule has 0 radical (unpaired) electrons. The average Bonchev–Trinajstić information content (AvgIpc) is 3.34. The lowest BCUT2D eigenvalue weighted by molar-refractivity contribution is -0.113. The summed E-state index contributed by atoms with van der Waals surface area (Å²) in [5, 5.41) is 11.3. The van der Waals surface area contributed by atoms with Crippen molar-refractivity contribution >= 4 is 51.9 Å². The van der Waals surface area contributed by atoms with E-state index < -0.39 is 11.7 Å². The Kier molecular flexibility index (Phi) is 6.24. The molecule has 3 aromatic carbocycles. The van der Waals surface area contributed by atoms with Gasteiger partial charge < -0.3 is 5.32 Å². The first kappa shape index (κ1) is 23.6. The SMILES string of the molecule is CC(C)c1cccc(N2C(=O)C(=Cc3ccc(F)cc3)SC2=NN=C2C(=O)Nc3ccc(F)cc32)c1. The van der Waals surface area contributed by atoms with Gasteiger partial charge in [-0.05, 0) is 77.3 Å². The van der Waals surface area contributed by atoms with E-state index in [2.05, 4.69) is 29.4 Å². The summed E-state index contributed by atoms with van der Waals surface area (Å²) in [7, 11) is 0. The summed E-state index contributed by atoms with van der Waals surface area (Å²) in [6.45, 7) is 4.10. The highest BCUT2D eigenvalue weighted by Gasteiger charge is 2.35. The van der Waals surface area contributed by atoms with E-state index in [4.69, 9.17) is 0 Å². The first-order valence-electron chi connectivity index (χ1n) is 11.2. The quantitative estimate of drug-likeness (QED) is 0.355. The van der Waals surface area contributed by atoms with Gasteiger partial charge in [0.25, 0.3) is 11.8 Å². The molecule has 3 aromatic rings. The van der Waals surface area contributed by atoms with Crippen molar-refractivity contribution in [1.82, 2.24) is 0 Å². The molecule has 0 bridgehead atoms. The first-order chi connectivity index (χ1) is 17.3. The number of nitrogens with one attached hydrogen (secondary N) is 1. The second-order valence-electron chi connectivity index (χ2n) is 8.53. The molecule has 2 amide bonds. The monoisotopic (exact) mass is 502 g/mol. The van der Waals surface area contributed by atoms with Crippen LogP contribution in [0.5, 0.6) is 0 Å². The zero-order valence-electron chi connectivity index (χ0n) is 19.3. The lowest BCUT2D eigenvalue weighted by Crippen LogP contribution is -2.29. The number of fused-ring (bicyclic) bond motifs is 1. The number of rotatable bonds is 4. The van der Waals surface area contributed by atoms with Gasteiger partial charge in [-0.25, -0.2) is 8.78 Å². The molecule has 0 aromatic heterocycles. The van der Waals surface area contributed by atoms with Gasteiger partial charge in [-0.2, -0.15) is 0 Å². The van der Waals surface area contributed by atoms with E-state index in [0.29, 0.717) is 27.4 Å². The van der Waals surface area contributed by atoms with Gasteiger partial charge in [0.15, 0.2) is 5.71 Å². The summed E-state index contributed by atoms with van der Waals surface area (Å²) < 4.78 is 27.2. The largest absolute Gasteiger partial charge is 0.320 e. The predicted octanol–water partition coefficient (Wildman–Crippen LogP) is 5.92. The van der Waals surface area contributed by atoms with Gasteiger partial charge >= 0.3 is 0 Å². The molecule has 1 N–H and O–H groups in total. The number of carbonyl (C=O) groups excluding carboxylic acids is 2. The average molecular weight is 503 g/mol. The number of amides is 2. The Balaban J connectivity index is 1.59. The molecule has 1 saturated heterocycles. The molecule has 6 nitrogen and oxygen atoms in total. The Hall–Kier alpha value is -4.11. The normalized spacial score (nSPS) is 18.6. The fourth-order valence-electron chi connectivity index (χ4n) is 3.82. The molecule has 36 heavy (non-hydrogen) atoms. The highest BCUT2D eigenvalue weighted by Crippen LogP contribution is 2.37. The highest BCUT2D eigenvalue weighted by molar-refractivity contribution is 8.19. The van der Waals surface area contributed by atoms with Crippen LogP contribution >= 0.6 is 11.8 Å². The van der Waals surface area contributed by atoms with Crippen LogP contribution in [0, 0.1) is 11.6 Å². The zero-order valence-corrected chi connectivity index (χ0v) is 20.1. The van der Waals surface area contributed by atoms with E-state index in [1.54, 1.807) is 24.3 Å². The number of carbonyl (C=O) groups is 2. The van der Waals surface area contributed by atoms with E-state index in [1.165, 1.54) is 35.2 Å². The van der Waals surface area contributed by atoms with Crippen molar-refractivity contribution in [2.75, 3.05) is 10.2 Å². The zero-order chi connectivity index (χ0) is 25.4. The van der Waals surface area contributed by atoms with E-state index in [1.807, 2.05) is 18.2 Å². The number of hydrogen-bond acceptors (Lipinski definition) is 5. The van der Waals surface area contributed by atoms with Gasteiger partial charge in [-0.3, -0.25) is 14.5 Å². The van der Waals surface area contributed by atoms with Crippen LogP contribution < -0.4 is 10.2 Å². The van der Waals surface area contributed by atoms with Gasteiger partial charge in [-0.15, -0.1) is 10.2 Å². The van der Waals surface area contributed by atoms with Gasteiger partial charge in [-0.1, -0.05) is 38.1 Å². The van der Waals surface area contributed by atoms with E-state index in [9.17, 15) is 18.4 Å². The fourth-order valence-corrected chi connectivity index (χ4v) is 4.75. The van der Waals surface area contributed by atoms with Gasteiger partial charge in [0.2, 0.25) is 5.17 Å². The Bertz CT molecular complexity index is 1480. The van der Waals surface area contributed by atoms with Crippen LogP contribution in [0.3, 0.4) is 0 Å². The van der Waals surface area contributed by atoms with E-state index in [-0.39, 0.29) is 28.5 Å². The number of anilines is 2. The number of benzene rings is 3. The number of hydrogen-bond donors (Lipinski definition) is 1. The van der Waals surface area contributed by atoms with Gasteiger partial charge in [0.1, 0.15) is 11.6 Å². The number of halogens is 2. The van der Waals surface area contributed by atoms with Gasteiger partial charge in [0.05, 0.1) is 16.3 Å². The van der Waals surface area contributed by atoms with Crippen molar-refractivity contribution in [2.24, 2.45) is 10.2 Å². The third kappa shape index (κ3) is 4.57. The summed E-state index contributed by atoms with van der Waals surface area (Å²) in [6.07, 6.45) is 1.65. The highest BCUT2D eigenvalue weighted by atomic mass is 32.2. The van der Waals surface area contributed by atoms with Gasteiger partial charge in [0, 0.05) is 5.56 Å². The van der Waals surface area contributed by atoms with E-state index in [0.717, 1.165) is 17.3 Å². The maximum Gasteiger partial charge on any atom is 0.276 e. The Morgan fingerprint density at radius 1 is 0.944 bits per heavy atom. The Morgan fingerprint density at radius 2 is 1.69 bits per heavy atom. The minimum atomic E-state index is -0.510. The molecule has 2 aliphatic rings. The standard InChI is InChI=1S/C27H20F2N4O2S/c1-15(2)17-4-3-5-20(13-17)33-26(35)23(12-16-6-8-18(28)9-7-16)36-27(33)32-31-24-21-14-19(29)10-11-22(21)30-25(24)34/h3-15H,1-2H3,(H,30,31,34). The van der Waals surface area contributed by atoms with Crippen molar-refractivity contribution in [3.63, 3.8) is 0 Å². The molecule has 5 rings (SSSR count). The molecule has 0 aliphatic carbocycles. The molecule has 1 fully saturated rings. The first-order valence-corrected chi connectivity index (χ1v) is 12.0. The van der Waals surface area contributed by atoms with Crippen LogP contribution in [0.2, 0.25) is 0 Å². The summed E-state index contributed by atoms with van der Waals surface area (Å²) in [4.78, 5) is 27.7. The molecule has 9 heteroatoms. The Labute approximate surface area is 210 Å². The lowest BCUT2D eigenvalue weighted by Gasteiger charge is -2.17. The molecule has 0 spiro atoms. The van der Waals surface area contributed by atoms with Crippen molar-refractivity contribution in [1.29, 1.82) is 0 Å². The summed E-state index contributed by atoms with van der Waals surface area (Å²) >= 11 is 1.08. The van der Waals surface area contributed by atoms with Crippen molar-refractivity contribution in [2.45, 2.75) is 19.8 Å². The molecule has 2 aliphatic heterocycles. The number of nitrogens with zero attached hydrogens (tertiary/aromatic N) is 3. The number of thioether (sulfide) groups is 1. The van der Waals surface area contributed by atoms with Crippen LogP contribution in [0.25, 0.3) is 6.08 Å². The topological polar surface area (TPSA) is 74.1 Å². The van der Waals surface area contributed by atoms with Crippen LogP contribution in [0.1, 0.15) is 36.5 Å². The molecular weight excluding hydrogens is 482 g/mol. The second kappa shape index (κ2) is 9.50. The van der Waals surface area contributed by atoms with Crippen molar-refractivity contribution < 1.29 is 18.4 Å². The molecule has 2 heterocycles. The number of amidine groups is 1. The van der Waals surface area contributed by atoms with E-state index >= 15 is 0 Å². The smallest absolute Gasteiger partial charge is 0.276 e. The lowest BCUT2D eigenvalue weighted by atomic mass is 10.0. The van der Waals surface area contributed by atoms with Crippen LogP contribution in [-0.4, -0.2) is 22.7 Å². The van der Waals surface area contributed by atoms with Crippen LogP contribution in [0.4, 0.5) is 20.2 Å². The second-order valence-corrected chi connectivity index (χ2v) is 9.54. The molecular formula is C27H20F2N4O2S. The summed E-state index contributed by atoms with van der Waals surface area (Å²) in [5.74, 6) is -1.48. The van der Waals surface area contributed by atoms with Crippen LogP contribution in [-0.2, 0) is 9.59 Å². The van der Waals surface area contributed by atoms with Crippen LogP contribution in [0.15, 0.2) is 81.8 Å². The van der Waals surface area contributed by atoms with Crippen molar-refractivity contribution in [3.05, 3.63) is 100.0 Å². The molecule has 0 saturated carbocycles. The Morgan fingerprint density at radius 3 is 2.44 bits per heavy atom. The molecule has 0 unspecified atom stereocenters. The third-order valence-electron chi connectivity index (χ3n) is 5.70. The molecule has 180 valence electrons. The van der Waals surface area contributed by atoms with Crippen molar-refractivity contribution in [3.8, 4) is 0 Å². The summed E-state index contributed by atoms with van der Waals surface area (Å²) in [5.41, 5.74) is 2.98. The maximum atomic E-state index is 13.8. The third-order valence-corrected chi connectivity index (χ3v) is 6.66. The molecule has 0 atom stereocenters. The fraction of sp³-hybridized carbons (Fsp3) is 0.111. The predicted molar refractivity (Wildman–Crippen MR) is 139 cm³/mol. The maximum absolute atomic E-state index is 13.8.